The topological polar surface area (TPSA) is 269 Å². The summed E-state index contributed by atoms with van der Waals surface area (Å²) in [5, 5.41) is 109. The fourth-order valence-corrected chi connectivity index (χ4v) is 3.94. The van der Waals surface area contributed by atoms with Crippen LogP contribution in [0.5, 0.6) is 0 Å². The van der Waals surface area contributed by atoms with E-state index in [1.54, 1.807) is 0 Å². The van der Waals surface area contributed by atoms with Gasteiger partial charge in [-0.3, -0.25) is 0 Å². The monoisotopic (exact) mass is 504 g/mol. The molecule has 0 aliphatic carbocycles. The van der Waals surface area contributed by atoms with Crippen LogP contribution in [0.15, 0.2) is 0 Å². The molecule has 3 fully saturated rings. The predicted molar refractivity (Wildman–Crippen MR) is 101 cm³/mol. The van der Waals surface area contributed by atoms with Crippen LogP contribution >= 0.6 is 0 Å². The molecule has 3 aliphatic rings. The second-order valence-corrected chi connectivity index (χ2v) is 8.37. The van der Waals surface area contributed by atoms with Gasteiger partial charge in [-0.05, 0) is 0 Å². The minimum absolute atomic E-state index is 0.609. The highest BCUT2D eigenvalue weighted by Crippen LogP contribution is 2.29. The highest BCUT2D eigenvalue weighted by atomic mass is 16.7. The van der Waals surface area contributed by atoms with Gasteiger partial charge < -0.3 is 79.9 Å². The molecule has 3 aliphatic heterocycles. The maximum atomic E-state index is 10.6. The Balaban J connectivity index is 1.65. The lowest BCUT2D eigenvalue weighted by Crippen LogP contribution is -2.65. The quantitative estimate of drug-likeness (QED) is 0.154. The summed E-state index contributed by atoms with van der Waals surface area (Å²) in [5.41, 5.74) is 0. The number of rotatable bonds is 7. The molecular formula is C18H32O16. The number of aliphatic hydroxyl groups is 11. The molecule has 0 bridgehead atoms. The van der Waals surface area contributed by atoms with Gasteiger partial charge in [0.15, 0.2) is 18.9 Å². The van der Waals surface area contributed by atoms with Gasteiger partial charge in [-0.15, -0.1) is 0 Å². The molecule has 0 radical (unpaired) electrons. The van der Waals surface area contributed by atoms with E-state index < -0.39 is 112 Å². The van der Waals surface area contributed by atoms with Crippen molar-refractivity contribution in [1.82, 2.24) is 0 Å². The van der Waals surface area contributed by atoms with Gasteiger partial charge in [0.1, 0.15) is 73.2 Å². The molecule has 0 aromatic rings. The zero-order valence-corrected chi connectivity index (χ0v) is 17.7. The molecule has 0 aromatic heterocycles. The van der Waals surface area contributed by atoms with E-state index in [0.29, 0.717) is 0 Å². The van der Waals surface area contributed by atoms with Gasteiger partial charge in [-0.25, -0.2) is 0 Å². The van der Waals surface area contributed by atoms with Crippen molar-refractivity contribution >= 4 is 0 Å². The van der Waals surface area contributed by atoms with Gasteiger partial charge in [0, 0.05) is 0 Å². The molecule has 0 saturated carbocycles. The highest BCUT2D eigenvalue weighted by molar-refractivity contribution is 4.94. The SMILES string of the molecule is OCC1O[C@H](OC2C(O)[C@@H](O)OC(CO[C@H]3OC(CO)[C@@H](O)C(O)C3O)[C@H]2O)C(O)C(O)[C@@H]1O. The van der Waals surface area contributed by atoms with Gasteiger partial charge >= 0.3 is 0 Å². The van der Waals surface area contributed by atoms with E-state index in [2.05, 4.69) is 0 Å². The lowest BCUT2D eigenvalue weighted by Gasteiger charge is -2.45. The highest BCUT2D eigenvalue weighted by Gasteiger charge is 2.51. The largest absolute Gasteiger partial charge is 0.394 e. The summed E-state index contributed by atoms with van der Waals surface area (Å²) in [6, 6.07) is 0. The van der Waals surface area contributed by atoms with Crippen LogP contribution in [0.25, 0.3) is 0 Å². The third-order valence-corrected chi connectivity index (χ3v) is 6.07. The summed E-state index contributed by atoms with van der Waals surface area (Å²) in [7, 11) is 0. The Labute approximate surface area is 192 Å². The first-order valence-electron chi connectivity index (χ1n) is 10.6. The van der Waals surface area contributed by atoms with Crippen LogP contribution in [-0.4, -0.2) is 168 Å². The van der Waals surface area contributed by atoms with Crippen molar-refractivity contribution in [2.75, 3.05) is 19.8 Å². The molecule has 34 heavy (non-hydrogen) atoms. The fraction of sp³-hybridized carbons (Fsp3) is 1.00. The van der Waals surface area contributed by atoms with Crippen LogP contribution in [0.2, 0.25) is 0 Å². The van der Waals surface area contributed by atoms with E-state index in [1.807, 2.05) is 0 Å². The number of ether oxygens (including phenoxy) is 5. The minimum Gasteiger partial charge on any atom is -0.394 e. The fourth-order valence-electron chi connectivity index (χ4n) is 3.94. The van der Waals surface area contributed by atoms with Gasteiger partial charge in [-0.2, -0.15) is 0 Å². The van der Waals surface area contributed by atoms with Gasteiger partial charge in [-0.1, -0.05) is 0 Å². The zero-order chi connectivity index (χ0) is 25.3. The first kappa shape index (κ1) is 27.9. The number of aliphatic hydroxyl groups excluding tert-OH is 11. The maximum absolute atomic E-state index is 10.6. The second-order valence-electron chi connectivity index (χ2n) is 8.37. The molecule has 16 heteroatoms. The summed E-state index contributed by atoms with van der Waals surface area (Å²) < 4.78 is 26.1. The normalized spacial score (nSPS) is 52.5. The van der Waals surface area contributed by atoms with Crippen LogP contribution in [0.4, 0.5) is 0 Å². The number of hydrogen-bond donors (Lipinski definition) is 11. The molecule has 0 aromatic carbocycles. The Hall–Kier alpha value is -0.640. The summed E-state index contributed by atoms with van der Waals surface area (Å²) in [6.45, 7) is -2.06. The van der Waals surface area contributed by atoms with E-state index in [1.165, 1.54) is 0 Å². The molecule has 9 unspecified atom stereocenters. The van der Waals surface area contributed by atoms with Crippen LogP contribution in [0, 0.1) is 0 Å². The Morgan fingerprint density at radius 3 is 1.53 bits per heavy atom. The van der Waals surface area contributed by atoms with Gasteiger partial charge in [0.25, 0.3) is 0 Å². The molecule has 3 saturated heterocycles. The molecule has 15 atom stereocenters. The van der Waals surface area contributed by atoms with Gasteiger partial charge in [0.05, 0.1) is 19.8 Å². The Bertz CT molecular complexity index is 637. The average Bonchev–Trinajstić information content (AvgIpc) is 2.82. The Morgan fingerprint density at radius 2 is 1.00 bits per heavy atom. The predicted octanol–water partition coefficient (Wildman–Crippen LogP) is -7.57. The lowest BCUT2D eigenvalue weighted by atomic mass is 9.97. The zero-order valence-electron chi connectivity index (χ0n) is 17.7. The van der Waals surface area contributed by atoms with E-state index >= 15 is 0 Å². The second kappa shape index (κ2) is 11.6. The summed E-state index contributed by atoms with van der Waals surface area (Å²) in [6.07, 6.45) is -24.9. The van der Waals surface area contributed by atoms with E-state index in [9.17, 15) is 56.2 Å². The first-order valence-corrected chi connectivity index (χ1v) is 10.6. The van der Waals surface area contributed by atoms with Crippen molar-refractivity contribution in [3.63, 3.8) is 0 Å². The molecule has 3 rings (SSSR count). The van der Waals surface area contributed by atoms with E-state index in [0.717, 1.165) is 0 Å². The third kappa shape index (κ3) is 5.52. The molecule has 0 spiro atoms. The Morgan fingerprint density at radius 1 is 0.500 bits per heavy atom. The summed E-state index contributed by atoms with van der Waals surface area (Å²) >= 11 is 0. The van der Waals surface area contributed by atoms with E-state index in [-0.39, 0.29) is 0 Å². The van der Waals surface area contributed by atoms with Gasteiger partial charge in [0.2, 0.25) is 0 Å². The maximum Gasteiger partial charge on any atom is 0.187 e. The average molecular weight is 504 g/mol. The Kier molecular flexibility index (Phi) is 9.54. The molecule has 3 heterocycles. The minimum atomic E-state index is -1.93. The van der Waals surface area contributed by atoms with Crippen molar-refractivity contribution < 1.29 is 79.9 Å². The molecular weight excluding hydrogens is 472 g/mol. The molecule has 0 amide bonds. The lowest BCUT2D eigenvalue weighted by molar-refractivity contribution is -0.361. The first-order chi connectivity index (χ1) is 16.0. The smallest absolute Gasteiger partial charge is 0.187 e. The van der Waals surface area contributed by atoms with Crippen LogP contribution in [0.3, 0.4) is 0 Å². The molecule has 11 N–H and O–H groups in total. The van der Waals surface area contributed by atoms with Crippen molar-refractivity contribution in [2.24, 2.45) is 0 Å². The van der Waals surface area contributed by atoms with Crippen molar-refractivity contribution in [1.29, 1.82) is 0 Å². The molecule has 200 valence electrons. The van der Waals surface area contributed by atoms with Crippen LogP contribution in [-0.2, 0) is 23.7 Å². The van der Waals surface area contributed by atoms with Crippen molar-refractivity contribution in [3.8, 4) is 0 Å². The summed E-state index contributed by atoms with van der Waals surface area (Å²) in [5.74, 6) is 0. The standard InChI is InChI=1S/C18H32O16/c19-1-4-7(21)10(24)12(26)17(32-4)30-3-6-9(23)15(14(28)16(29)31-6)34-18-13(27)11(25)8(22)5(2-20)33-18/h4-29H,1-3H2/t4?,5?,6?,7-,8-,9-,10?,11?,12?,13?,14?,15?,16+,17+,18-/m1/s1. The van der Waals surface area contributed by atoms with Crippen molar-refractivity contribution in [3.05, 3.63) is 0 Å². The van der Waals surface area contributed by atoms with Crippen molar-refractivity contribution in [2.45, 2.75) is 92.1 Å². The van der Waals surface area contributed by atoms with Crippen LogP contribution in [0.1, 0.15) is 0 Å². The van der Waals surface area contributed by atoms with E-state index in [4.69, 9.17) is 23.7 Å². The third-order valence-electron chi connectivity index (χ3n) is 6.07. The summed E-state index contributed by atoms with van der Waals surface area (Å²) in [4.78, 5) is 0. The number of hydrogen-bond acceptors (Lipinski definition) is 16. The van der Waals surface area contributed by atoms with Crippen LogP contribution < -0.4 is 0 Å². The molecule has 16 nitrogen and oxygen atoms in total.